The largest absolute Gasteiger partial charge is 0.493 e. The van der Waals surface area contributed by atoms with Gasteiger partial charge in [-0.2, -0.15) is 0 Å². The van der Waals surface area contributed by atoms with Crippen LogP contribution in [0.25, 0.3) is 0 Å². The van der Waals surface area contributed by atoms with Crippen LogP contribution in [0.2, 0.25) is 5.02 Å². The Hall–Kier alpha value is -2.24. The van der Waals surface area contributed by atoms with E-state index in [1.54, 1.807) is 24.3 Å². The number of morpholine rings is 1. The Balaban J connectivity index is 1.40. The summed E-state index contributed by atoms with van der Waals surface area (Å²) in [6.45, 7) is 4.45. The van der Waals surface area contributed by atoms with Crippen molar-refractivity contribution in [2.75, 3.05) is 32.9 Å². The van der Waals surface area contributed by atoms with E-state index in [0.29, 0.717) is 50.1 Å². The lowest BCUT2D eigenvalue weighted by atomic mass is 10.2. The SMILES string of the molecule is Cc1ccc(OCC2CN(C(=O)CCOc3ccc(Cl)cc3)CCO2)cc1. The predicted molar refractivity (Wildman–Crippen MR) is 105 cm³/mol. The molecule has 0 aromatic heterocycles. The molecule has 5 nitrogen and oxygen atoms in total. The average Bonchev–Trinajstić information content (AvgIpc) is 2.69. The molecule has 27 heavy (non-hydrogen) atoms. The summed E-state index contributed by atoms with van der Waals surface area (Å²) >= 11 is 5.84. The summed E-state index contributed by atoms with van der Waals surface area (Å²) < 4.78 is 17.1. The number of halogens is 1. The fourth-order valence-corrected chi connectivity index (χ4v) is 2.94. The number of rotatable bonds is 7. The third-order valence-electron chi connectivity index (χ3n) is 4.35. The van der Waals surface area contributed by atoms with Gasteiger partial charge in [0.25, 0.3) is 0 Å². The van der Waals surface area contributed by atoms with Gasteiger partial charge in [0.1, 0.15) is 24.2 Å². The van der Waals surface area contributed by atoms with Crippen LogP contribution in [-0.4, -0.2) is 49.8 Å². The highest BCUT2D eigenvalue weighted by Gasteiger charge is 2.24. The molecule has 0 spiro atoms. The normalized spacial score (nSPS) is 16.8. The van der Waals surface area contributed by atoms with Gasteiger partial charge in [-0.25, -0.2) is 0 Å². The predicted octanol–water partition coefficient (Wildman–Crippen LogP) is 3.72. The Kier molecular flexibility index (Phi) is 6.96. The van der Waals surface area contributed by atoms with E-state index in [-0.39, 0.29) is 12.0 Å². The minimum atomic E-state index is -0.124. The Morgan fingerprint density at radius 3 is 2.52 bits per heavy atom. The van der Waals surface area contributed by atoms with Crippen LogP contribution >= 0.6 is 11.6 Å². The lowest BCUT2D eigenvalue weighted by Crippen LogP contribution is -2.47. The van der Waals surface area contributed by atoms with Crippen LogP contribution < -0.4 is 9.47 Å². The van der Waals surface area contributed by atoms with Crippen LogP contribution in [0.5, 0.6) is 11.5 Å². The van der Waals surface area contributed by atoms with Crippen molar-refractivity contribution in [3.63, 3.8) is 0 Å². The smallest absolute Gasteiger partial charge is 0.226 e. The highest BCUT2D eigenvalue weighted by molar-refractivity contribution is 6.30. The first kappa shape index (κ1) is 19.5. The Bertz CT molecular complexity index is 733. The van der Waals surface area contributed by atoms with Crippen molar-refractivity contribution in [2.24, 2.45) is 0 Å². The maximum Gasteiger partial charge on any atom is 0.226 e. The summed E-state index contributed by atoms with van der Waals surface area (Å²) in [7, 11) is 0. The summed E-state index contributed by atoms with van der Waals surface area (Å²) in [4.78, 5) is 14.2. The minimum absolute atomic E-state index is 0.0626. The highest BCUT2D eigenvalue weighted by atomic mass is 35.5. The molecule has 0 N–H and O–H groups in total. The molecular weight excluding hydrogens is 366 g/mol. The molecule has 3 rings (SSSR count). The van der Waals surface area contributed by atoms with Crippen molar-refractivity contribution in [1.82, 2.24) is 4.90 Å². The van der Waals surface area contributed by atoms with E-state index in [2.05, 4.69) is 0 Å². The van der Waals surface area contributed by atoms with Gasteiger partial charge in [-0.15, -0.1) is 0 Å². The van der Waals surface area contributed by atoms with Gasteiger partial charge in [0.2, 0.25) is 5.91 Å². The van der Waals surface area contributed by atoms with Crippen molar-refractivity contribution in [1.29, 1.82) is 0 Å². The van der Waals surface area contributed by atoms with Gasteiger partial charge >= 0.3 is 0 Å². The molecule has 6 heteroatoms. The fraction of sp³-hybridized carbons (Fsp3) is 0.381. The van der Waals surface area contributed by atoms with Gasteiger partial charge in [-0.3, -0.25) is 4.79 Å². The van der Waals surface area contributed by atoms with E-state index < -0.39 is 0 Å². The number of carbonyl (C=O) groups is 1. The number of aryl methyl sites for hydroxylation is 1. The molecular formula is C21H24ClNO4. The number of carbonyl (C=O) groups excluding carboxylic acids is 1. The molecule has 1 saturated heterocycles. The van der Waals surface area contributed by atoms with E-state index in [1.165, 1.54) is 5.56 Å². The summed E-state index contributed by atoms with van der Waals surface area (Å²) in [6, 6.07) is 15.0. The first-order chi connectivity index (χ1) is 13.1. The fourth-order valence-electron chi connectivity index (χ4n) is 2.82. The average molecular weight is 390 g/mol. The third-order valence-corrected chi connectivity index (χ3v) is 4.60. The van der Waals surface area contributed by atoms with Gasteiger partial charge in [0.15, 0.2) is 0 Å². The minimum Gasteiger partial charge on any atom is -0.493 e. The van der Waals surface area contributed by atoms with Crippen molar-refractivity contribution >= 4 is 17.5 Å². The maximum absolute atomic E-state index is 12.4. The number of ether oxygens (including phenoxy) is 3. The van der Waals surface area contributed by atoms with Crippen LogP contribution in [0.4, 0.5) is 0 Å². The molecule has 0 radical (unpaired) electrons. The Morgan fingerprint density at radius 1 is 1.11 bits per heavy atom. The zero-order valence-electron chi connectivity index (χ0n) is 15.4. The first-order valence-corrected chi connectivity index (χ1v) is 9.45. The molecule has 1 unspecified atom stereocenters. The summed E-state index contributed by atoms with van der Waals surface area (Å²) in [5.74, 6) is 1.58. The summed E-state index contributed by atoms with van der Waals surface area (Å²) in [6.07, 6.45) is 0.204. The Labute approximate surface area is 164 Å². The molecule has 1 aliphatic rings. The molecule has 144 valence electrons. The van der Waals surface area contributed by atoms with Crippen LogP contribution in [0.1, 0.15) is 12.0 Å². The molecule has 1 heterocycles. The number of amides is 1. The van der Waals surface area contributed by atoms with Gasteiger partial charge in [0, 0.05) is 11.6 Å². The molecule has 1 aliphatic heterocycles. The second kappa shape index (κ2) is 9.62. The lowest BCUT2D eigenvalue weighted by Gasteiger charge is -2.33. The standard InChI is InChI=1S/C21H24ClNO4/c1-16-2-6-19(7-3-16)27-15-20-14-23(11-13-26-20)21(24)10-12-25-18-8-4-17(22)5-9-18/h2-9,20H,10-15H2,1H3. The molecule has 2 aromatic rings. The molecule has 0 aliphatic carbocycles. The summed E-state index contributed by atoms with van der Waals surface area (Å²) in [5, 5.41) is 0.658. The number of benzene rings is 2. The lowest BCUT2D eigenvalue weighted by molar-refractivity contribution is -0.140. The van der Waals surface area contributed by atoms with Gasteiger partial charge in [-0.05, 0) is 43.3 Å². The van der Waals surface area contributed by atoms with E-state index in [9.17, 15) is 4.79 Å². The van der Waals surface area contributed by atoms with E-state index in [1.807, 2.05) is 36.1 Å². The summed E-state index contributed by atoms with van der Waals surface area (Å²) in [5.41, 5.74) is 1.19. The van der Waals surface area contributed by atoms with E-state index >= 15 is 0 Å². The molecule has 2 aromatic carbocycles. The number of hydrogen-bond donors (Lipinski definition) is 0. The Morgan fingerprint density at radius 2 is 1.78 bits per heavy atom. The number of hydrogen-bond acceptors (Lipinski definition) is 4. The van der Waals surface area contributed by atoms with Crippen molar-refractivity contribution in [3.05, 3.63) is 59.1 Å². The van der Waals surface area contributed by atoms with Crippen LogP contribution in [0.15, 0.2) is 48.5 Å². The van der Waals surface area contributed by atoms with Crippen LogP contribution in [0.3, 0.4) is 0 Å². The molecule has 1 amide bonds. The zero-order chi connectivity index (χ0) is 19.1. The van der Waals surface area contributed by atoms with Gasteiger partial charge in [0.05, 0.1) is 26.2 Å². The maximum atomic E-state index is 12.4. The number of nitrogens with zero attached hydrogens (tertiary/aromatic N) is 1. The first-order valence-electron chi connectivity index (χ1n) is 9.07. The highest BCUT2D eigenvalue weighted by Crippen LogP contribution is 2.16. The second-order valence-corrected chi connectivity index (χ2v) is 6.95. The monoisotopic (exact) mass is 389 g/mol. The molecule has 0 bridgehead atoms. The zero-order valence-corrected chi connectivity index (χ0v) is 16.2. The van der Waals surface area contributed by atoms with E-state index in [0.717, 1.165) is 5.75 Å². The molecule has 1 atom stereocenters. The topological polar surface area (TPSA) is 48.0 Å². The third kappa shape index (κ3) is 6.15. The van der Waals surface area contributed by atoms with Crippen LogP contribution in [0, 0.1) is 6.92 Å². The van der Waals surface area contributed by atoms with Crippen molar-refractivity contribution < 1.29 is 19.0 Å². The molecule has 0 saturated carbocycles. The quantitative estimate of drug-likeness (QED) is 0.724. The second-order valence-electron chi connectivity index (χ2n) is 6.51. The van der Waals surface area contributed by atoms with Gasteiger partial charge < -0.3 is 19.1 Å². The van der Waals surface area contributed by atoms with Crippen molar-refractivity contribution in [2.45, 2.75) is 19.4 Å². The van der Waals surface area contributed by atoms with Crippen molar-refractivity contribution in [3.8, 4) is 11.5 Å². The van der Waals surface area contributed by atoms with E-state index in [4.69, 9.17) is 25.8 Å². The van der Waals surface area contributed by atoms with Gasteiger partial charge in [-0.1, -0.05) is 29.3 Å². The molecule has 1 fully saturated rings. The van der Waals surface area contributed by atoms with Crippen LogP contribution in [-0.2, 0) is 9.53 Å².